The Morgan fingerprint density at radius 3 is 2.08 bits per heavy atom. The summed E-state index contributed by atoms with van der Waals surface area (Å²) in [4.78, 5) is 0. The Hall–Kier alpha value is -1.04. The van der Waals surface area contributed by atoms with E-state index in [0.29, 0.717) is 0 Å². The maximum Gasteiger partial charge on any atom is -0.0231 e. The normalized spacial score (nSPS) is 11.8. The smallest absolute Gasteiger partial charge is 0.0231 e. The Morgan fingerprint density at radius 2 is 1.75 bits per heavy atom. The van der Waals surface area contributed by atoms with Crippen molar-refractivity contribution in [2.24, 2.45) is 0 Å². The summed E-state index contributed by atoms with van der Waals surface area (Å²) >= 11 is 0. The third kappa shape index (κ3) is 3.38. The van der Waals surface area contributed by atoms with Gasteiger partial charge in [0.15, 0.2) is 0 Å². The largest absolute Gasteiger partial charge is 0.0990 e. The third-order valence-corrected chi connectivity index (χ3v) is 1.83. The van der Waals surface area contributed by atoms with E-state index in [1.807, 2.05) is 25.2 Å². The van der Waals surface area contributed by atoms with Crippen molar-refractivity contribution in [3.63, 3.8) is 0 Å². The summed E-state index contributed by atoms with van der Waals surface area (Å²) in [5, 5.41) is 0. The molecule has 12 heavy (non-hydrogen) atoms. The average Bonchev–Trinajstić information content (AvgIpc) is 2.03. The van der Waals surface area contributed by atoms with Crippen LogP contribution in [0.4, 0.5) is 0 Å². The monoisotopic (exact) mass is 162 g/mol. The lowest BCUT2D eigenvalue weighted by molar-refractivity contribution is 1.26. The van der Waals surface area contributed by atoms with Gasteiger partial charge in [0.25, 0.3) is 0 Å². The van der Waals surface area contributed by atoms with Crippen LogP contribution in [-0.2, 0) is 0 Å². The second-order valence-electron chi connectivity index (χ2n) is 2.98. The third-order valence-electron chi connectivity index (χ3n) is 1.83. The Labute approximate surface area is 76.0 Å². The molecular formula is C12H18. The van der Waals surface area contributed by atoms with Crippen LogP contribution in [0.1, 0.15) is 27.7 Å². The zero-order chi connectivity index (χ0) is 9.56. The molecule has 0 aromatic heterocycles. The van der Waals surface area contributed by atoms with Gasteiger partial charge in [0.2, 0.25) is 0 Å². The molecule has 0 spiro atoms. The molecule has 0 radical (unpaired) electrons. The lowest BCUT2D eigenvalue weighted by Crippen LogP contribution is -1.83. The maximum absolute atomic E-state index is 3.69. The van der Waals surface area contributed by atoms with E-state index in [0.717, 1.165) is 0 Å². The van der Waals surface area contributed by atoms with Gasteiger partial charge < -0.3 is 0 Å². The first-order valence-electron chi connectivity index (χ1n) is 4.23. The molecule has 0 aliphatic carbocycles. The molecule has 0 aromatic rings. The summed E-state index contributed by atoms with van der Waals surface area (Å²) in [6.07, 6.45) is 8.00. The highest BCUT2D eigenvalue weighted by Gasteiger charge is 1.95. The van der Waals surface area contributed by atoms with Crippen LogP contribution in [0.15, 0.2) is 47.6 Å². The van der Waals surface area contributed by atoms with Crippen LogP contribution in [-0.4, -0.2) is 0 Å². The molecule has 0 saturated heterocycles. The fourth-order valence-electron chi connectivity index (χ4n) is 0.901. The minimum absolute atomic E-state index is 1.24. The van der Waals surface area contributed by atoms with Crippen molar-refractivity contribution in [2.75, 3.05) is 0 Å². The topological polar surface area (TPSA) is 0 Å². The molecule has 0 bridgehead atoms. The zero-order valence-electron chi connectivity index (χ0n) is 8.52. The molecule has 0 amide bonds. The van der Waals surface area contributed by atoms with Crippen LogP contribution in [0.3, 0.4) is 0 Å². The molecular weight excluding hydrogens is 144 g/mol. The molecule has 0 heteroatoms. The van der Waals surface area contributed by atoms with Gasteiger partial charge in [0.1, 0.15) is 0 Å². The number of hydrogen-bond acceptors (Lipinski definition) is 0. The van der Waals surface area contributed by atoms with Gasteiger partial charge in [0, 0.05) is 0 Å². The molecule has 0 saturated carbocycles. The first-order chi connectivity index (χ1) is 5.63. The van der Waals surface area contributed by atoms with E-state index < -0.39 is 0 Å². The molecule has 0 atom stereocenters. The summed E-state index contributed by atoms with van der Waals surface area (Å²) < 4.78 is 0. The average molecular weight is 162 g/mol. The maximum atomic E-state index is 3.69. The van der Waals surface area contributed by atoms with Crippen LogP contribution in [0, 0.1) is 0 Å². The van der Waals surface area contributed by atoms with E-state index in [-0.39, 0.29) is 0 Å². The van der Waals surface area contributed by atoms with Gasteiger partial charge >= 0.3 is 0 Å². The summed E-state index contributed by atoms with van der Waals surface area (Å²) in [6, 6.07) is 0. The van der Waals surface area contributed by atoms with Gasteiger partial charge in [-0.2, -0.15) is 0 Å². The summed E-state index contributed by atoms with van der Waals surface area (Å²) in [6.45, 7) is 12.1. The van der Waals surface area contributed by atoms with Crippen molar-refractivity contribution in [3.8, 4) is 0 Å². The fourth-order valence-corrected chi connectivity index (χ4v) is 0.901. The first-order valence-corrected chi connectivity index (χ1v) is 4.23. The van der Waals surface area contributed by atoms with Gasteiger partial charge in [-0.05, 0) is 38.8 Å². The van der Waals surface area contributed by atoms with E-state index in [9.17, 15) is 0 Å². The highest BCUT2D eigenvalue weighted by atomic mass is 14.0. The van der Waals surface area contributed by atoms with Gasteiger partial charge in [-0.15, -0.1) is 0 Å². The van der Waals surface area contributed by atoms with Crippen molar-refractivity contribution in [1.29, 1.82) is 0 Å². The van der Waals surface area contributed by atoms with Crippen LogP contribution in [0.2, 0.25) is 0 Å². The van der Waals surface area contributed by atoms with Gasteiger partial charge in [-0.25, -0.2) is 0 Å². The lowest BCUT2D eigenvalue weighted by Gasteiger charge is -2.03. The molecule has 0 fully saturated rings. The molecule has 0 aromatic carbocycles. The molecule has 0 aliphatic rings. The molecule has 0 rings (SSSR count). The Morgan fingerprint density at radius 1 is 1.17 bits per heavy atom. The minimum atomic E-state index is 1.24. The number of rotatable bonds is 3. The second kappa shape index (κ2) is 5.59. The van der Waals surface area contributed by atoms with E-state index in [1.165, 1.54) is 16.7 Å². The quantitative estimate of drug-likeness (QED) is 0.549. The van der Waals surface area contributed by atoms with Gasteiger partial charge in [0.05, 0.1) is 0 Å². The predicted molar refractivity (Wildman–Crippen MR) is 57.1 cm³/mol. The van der Waals surface area contributed by atoms with Crippen LogP contribution in [0.25, 0.3) is 0 Å². The fraction of sp³-hybridized carbons (Fsp3) is 0.333. The summed E-state index contributed by atoms with van der Waals surface area (Å²) in [5.41, 5.74) is 3.92. The van der Waals surface area contributed by atoms with Crippen molar-refractivity contribution >= 4 is 0 Å². The van der Waals surface area contributed by atoms with E-state index >= 15 is 0 Å². The first kappa shape index (κ1) is 11.0. The van der Waals surface area contributed by atoms with Crippen LogP contribution >= 0.6 is 0 Å². The van der Waals surface area contributed by atoms with Crippen molar-refractivity contribution < 1.29 is 0 Å². The van der Waals surface area contributed by atoms with E-state index in [2.05, 4.69) is 33.4 Å². The van der Waals surface area contributed by atoms with E-state index in [1.54, 1.807) is 0 Å². The highest BCUT2D eigenvalue weighted by Crippen LogP contribution is 2.15. The standard InChI is InChI=1S/C12H18/c1-6-8-12(9-7-2)11(5)10(3)4/h6-9H,1H2,2-5H3/b9-7-,12-8+. The Balaban J connectivity index is 4.89. The Kier molecular flexibility index (Phi) is 5.11. The second-order valence-corrected chi connectivity index (χ2v) is 2.98. The summed E-state index contributed by atoms with van der Waals surface area (Å²) in [7, 11) is 0. The zero-order valence-corrected chi connectivity index (χ0v) is 8.52. The number of hydrogen-bond donors (Lipinski definition) is 0. The van der Waals surface area contributed by atoms with Gasteiger partial charge in [-0.3, -0.25) is 0 Å². The van der Waals surface area contributed by atoms with Crippen molar-refractivity contribution in [3.05, 3.63) is 47.6 Å². The molecule has 0 N–H and O–H groups in total. The SMILES string of the molecule is C=C/C=C(\C=C/C)C(C)=C(C)C. The van der Waals surface area contributed by atoms with Crippen LogP contribution in [0.5, 0.6) is 0 Å². The molecule has 66 valence electrons. The lowest BCUT2D eigenvalue weighted by atomic mass is 10.0. The molecule has 0 heterocycles. The van der Waals surface area contributed by atoms with Crippen molar-refractivity contribution in [2.45, 2.75) is 27.7 Å². The molecule has 0 aliphatic heterocycles. The minimum Gasteiger partial charge on any atom is -0.0990 e. The predicted octanol–water partition coefficient (Wildman–Crippen LogP) is 4.03. The van der Waals surface area contributed by atoms with E-state index in [4.69, 9.17) is 0 Å². The summed E-state index contributed by atoms with van der Waals surface area (Å²) in [5.74, 6) is 0. The Bertz CT molecular complexity index is 233. The van der Waals surface area contributed by atoms with Gasteiger partial charge in [-0.1, -0.05) is 36.5 Å². The molecule has 0 unspecified atom stereocenters. The number of allylic oxidation sites excluding steroid dienone is 7. The highest BCUT2D eigenvalue weighted by molar-refractivity contribution is 5.42. The van der Waals surface area contributed by atoms with Crippen LogP contribution < -0.4 is 0 Å². The van der Waals surface area contributed by atoms with Crippen molar-refractivity contribution in [1.82, 2.24) is 0 Å². The molecule has 0 nitrogen and oxygen atoms in total.